The third kappa shape index (κ3) is 1.58. The van der Waals surface area contributed by atoms with Gasteiger partial charge >= 0.3 is 0 Å². The third-order valence-corrected chi connectivity index (χ3v) is 1.92. The van der Waals surface area contributed by atoms with Crippen LogP contribution >= 0.6 is 0 Å². The molecule has 0 aromatic carbocycles. The minimum absolute atomic E-state index is 0.204. The molecule has 1 aliphatic rings. The molecule has 0 saturated carbocycles. The summed E-state index contributed by atoms with van der Waals surface area (Å²) in [5.41, 5.74) is 7.01. The number of rotatable bonds is 0. The maximum Gasteiger partial charge on any atom is 0.234 e. The Bertz CT molecular complexity index is 354. The van der Waals surface area contributed by atoms with Crippen LogP contribution in [0.3, 0.4) is 0 Å². The van der Waals surface area contributed by atoms with Crippen LogP contribution in [0.5, 0.6) is 0 Å². The van der Waals surface area contributed by atoms with Gasteiger partial charge in [-0.25, -0.2) is 15.4 Å². The fourth-order valence-electron chi connectivity index (χ4n) is 1.27. The van der Waals surface area contributed by atoms with Crippen molar-refractivity contribution in [1.82, 2.24) is 15.4 Å². The highest BCUT2D eigenvalue weighted by atomic mass is 15.4. The van der Waals surface area contributed by atoms with Gasteiger partial charge in [0.2, 0.25) is 5.82 Å². The van der Waals surface area contributed by atoms with Crippen LogP contribution in [0.15, 0.2) is 6.20 Å². The van der Waals surface area contributed by atoms with Gasteiger partial charge in [0.1, 0.15) is 11.9 Å². The molecule has 0 fully saturated rings. The van der Waals surface area contributed by atoms with Crippen LogP contribution in [0, 0.1) is 11.3 Å². The topological polar surface area (TPSA) is 73.6 Å². The molecule has 5 heteroatoms. The fraction of sp³-hybridized carbons (Fsp3) is 0.375. The fourth-order valence-corrected chi connectivity index (χ4v) is 1.27. The van der Waals surface area contributed by atoms with E-state index < -0.39 is 0 Å². The van der Waals surface area contributed by atoms with Gasteiger partial charge in [-0.15, -0.1) is 0 Å². The number of hydrogen-bond donors (Lipinski definition) is 2. The molecule has 0 atom stereocenters. The molecular weight excluding hydrogens is 166 g/mol. The Labute approximate surface area is 75.8 Å². The maximum absolute atomic E-state index is 8.59. The maximum atomic E-state index is 8.59. The molecule has 0 bridgehead atoms. The highest BCUT2D eigenvalue weighted by Crippen LogP contribution is 2.14. The van der Waals surface area contributed by atoms with Gasteiger partial charge in [-0.3, -0.25) is 0 Å². The van der Waals surface area contributed by atoms with E-state index in [2.05, 4.69) is 20.8 Å². The molecule has 2 heterocycles. The summed E-state index contributed by atoms with van der Waals surface area (Å²) in [6, 6.07) is 1.91. The normalized spacial score (nSPS) is 15.0. The number of aromatic nitrogens is 2. The van der Waals surface area contributed by atoms with Crippen LogP contribution in [0.25, 0.3) is 0 Å². The van der Waals surface area contributed by atoms with Crippen molar-refractivity contribution in [1.29, 1.82) is 5.26 Å². The van der Waals surface area contributed by atoms with Gasteiger partial charge in [-0.1, -0.05) is 0 Å². The molecule has 66 valence electrons. The summed E-state index contributed by atoms with van der Waals surface area (Å²) in [4.78, 5) is 7.96. The highest BCUT2D eigenvalue weighted by molar-refractivity contribution is 5.44. The van der Waals surface area contributed by atoms with Crippen molar-refractivity contribution in [2.75, 3.05) is 12.0 Å². The summed E-state index contributed by atoms with van der Waals surface area (Å²) < 4.78 is 0. The van der Waals surface area contributed by atoms with Gasteiger partial charge in [0.05, 0.1) is 0 Å². The SMILES string of the molecule is N#Cc1ncc2c(n1)NNCCC2. The standard InChI is InChI=1S/C8H9N5/c9-4-7-10-5-6-2-1-3-11-13-8(6)12-7/h5,11H,1-3H2,(H,10,12,13). The van der Waals surface area contributed by atoms with E-state index in [-0.39, 0.29) is 5.82 Å². The van der Waals surface area contributed by atoms with Gasteiger partial charge in [0.25, 0.3) is 0 Å². The summed E-state index contributed by atoms with van der Waals surface area (Å²) in [6.07, 6.45) is 3.71. The van der Waals surface area contributed by atoms with Crippen molar-refractivity contribution in [3.8, 4) is 6.07 Å². The highest BCUT2D eigenvalue weighted by Gasteiger charge is 2.09. The Morgan fingerprint density at radius 3 is 3.31 bits per heavy atom. The summed E-state index contributed by atoms with van der Waals surface area (Å²) in [5.74, 6) is 0.930. The Balaban J connectivity index is 2.39. The van der Waals surface area contributed by atoms with Crippen LogP contribution in [0.1, 0.15) is 17.8 Å². The van der Waals surface area contributed by atoms with Crippen LogP contribution in [0.2, 0.25) is 0 Å². The number of hydrazine groups is 1. The number of nitriles is 1. The van der Waals surface area contributed by atoms with E-state index >= 15 is 0 Å². The summed E-state index contributed by atoms with van der Waals surface area (Å²) in [5, 5.41) is 8.59. The van der Waals surface area contributed by atoms with Crippen molar-refractivity contribution in [3.05, 3.63) is 17.6 Å². The number of nitrogens with one attached hydrogen (secondary N) is 2. The van der Waals surface area contributed by atoms with E-state index in [1.807, 2.05) is 6.07 Å². The summed E-state index contributed by atoms with van der Waals surface area (Å²) in [7, 11) is 0. The Hall–Kier alpha value is -1.67. The number of hydrogen-bond acceptors (Lipinski definition) is 5. The monoisotopic (exact) mass is 175 g/mol. The van der Waals surface area contributed by atoms with Gasteiger partial charge < -0.3 is 5.43 Å². The molecule has 0 amide bonds. The first-order valence-corrected chi connectivity index (χ1v) is 4.15. The molecule has 1 aromatic rings. The van der Waals surface area contributed by atoms with Crippen molar-refractivity contribution < 1.29 is 0 Å². The second-order valence-electron chi connectivity index (χ2n) is 2.83. The number of anilines is 1. The lowest BCUT2D eigenvalue weighted by Crippen LogP contribution is -2.21. The molecule has 1 aromatic heterocycles. The van der Waals surface area contributed by atoms with Gasteiger partial charge in [-0.05, 0) is 12.8 Å². The Morgan fingerprint density at radius 1 is 1.54 bits per heavy atom. The number of fused-ring (bicyclic) bond motifs is 1. The summed E-state index contributed by atoms with van der Waals surface area (Å²) in [6.45, 7) is 0.901. The predicted molar refractivity (Wildman–Crippen MR) is 46.7 cm³/mol. The third-order valence-electron chi connectivity index (χ3n) is 1.92. The van der Waals surface area contributed by atoms with E-state index in [0.29, 0.717) is 0 Å². The first-order valence-electron chi connectivity index (χ1n) is 4.15. The van der Waals surface area contributed by atoms with E-state index in [1.165, 1.54) is 0 Å². The molecule has 1 aliphatic heterocycles. The second-order valence-corrected chi connectivity index (χ2v) is 2.83. The van der Waals surface area contributed by atoms with Gasteiger partial charge in [0, 0.05) is 18.3 Å². The summed E-state index contributed by atoms with van der Waals surface area (Å²) >= 11 is 0. The lowest BCUT2D eigenvalue weighted by molar-refractivity contribution is 0.740. The van der Waals surface area contributed by atoms with Crippen LogP contribution in [0.4, 0.5) is 5.82 Å². The number of nitrogens with zero attached hydrogens (tertiary/aromatic N) is 3. The van der Waals surface area contributed by atoms with Crippen molar-refractivity contribution in [2.45, 2.75) is 12.8 Å². The average Bonchev–Trinajstić information content (AvgIpc) is 2.41. The average molecular weight is 175 g/mol. The molecule has 0 aliphatic carbocycles. The molecule has 0 radical (unpaired) electrons. The molecule has 0 spiro atoms. The van der Waals surface area contributed by atoms with Crippen molar-refractivity contribution in [2.24, 2.45) is 0 Å². The Kier molecular flexibility index (Phi) is 2.06. The second kappa shape index (κ2) is 3.37. The predicted octanol–water partition coefficient (Wildman–Crippen LogP) is 0.211. The molecular formula is C8H9N5. The van der Waals surface area contributed by atoms with E-state index in [0.717, 1.165) is 30.8 Å². The van der Waals surface area contributed by atoms with Crippen LogP contribution < -0.4 is 10.9 Å². The molecule has 5 nitrogen and oxygen atoms in total. The first kappa shape index (κ1) is 7.95. The smallest absolute Gasteiger partial charge is 0.234 e. The van der Waals surface area contributed by atoms with Crippen LogP contribution in [-0.4, -0.2) is 16.5 Å². The van der Waals surface area contributed by atoms with E-state index in [9.17, 15) is 0 Å². The molecule has 0 unspecified atom stereocenters. The van der Waals surface area contributed by atoms with E-state index in [1.54, 1.807) is 6.20 Å². The van der Waals surface area contributed by atoms with Crippen molar-refractivity contribution >= 4 is 5.82 Å². The minimum Gasteiger partial charge on any atom is -0.305 e. The lowest BCUT2D eigenvalue weighted by Gasteiger charge is -2.04. The van der Waals surface area contributed by atoms with Crippen LogP contribution in [-0.2, 0) is 6.42 Å². The Morgan fingerprint density at radius 2 is 2.46 bits per heavy atom. The quantitative estimate of drug-likeness (QED) is 0.589. The largest absolute Gasteiger partial charge is 0.305 e. The first-order chi connectivity index (χ1) is 6.40. The zero-order valence-corrected chi connectivity index (χ0v) is 7.04. The van der Waals surface area contributed by atoms with Gasteiger partial charge in [0.15, 0.2) is 0 Å². The lowest BCUT2D eigenvalue weighted by atomic mass is 10.2. The molecule has 13 heavy (non-hydrogen) atoms. The zero-order valence-electron chi connectivity index (χ0n) is 7.04. The molecule has 0 saturated heterocycles. The number of aryl methyl sites for hydroxylation is 1. The minimum atomic E-state index is 0.204. The molecule has 2 rings (SSSR count). The molecule has 2 N–H and O–H groups in total. The van der Waals surface area contributed by atoms with Gasteiger partial charge in [-0.2, -0.15) is 5.26 Å². The van der Waals surface area contributed by atoms with Crippen molar-refractivity contribution in [3.63, 3.8) is 0 Å². The van der Waals surface area contributed by atoms with E-state index in [4.69, 9.17) is 5.26 Å². The zero-order chi connectivity index (χ0) is 9.10.